The average Bonchev–Trinajstić information content (AvgIpc) is 2.74. The van der Waals surface area contributed by atoms with Crippen LogP contribution in [-0.2, 0) is 5.75 Å². The highest BCUT2D eigenvalue weighted by Crippen LogP contribution is 2.17. The van der Waals surface area contributed by atoms with Gasteiger partial charge in [0.25, 0.3) is 0 Å². The maximum absolute atomic E-state index is 3.53. The molecule has 1 heterocycles. The summed E-state index contributed by atoms with van der Waals surface area (Å²) in [5.74, 6) is 2.41. The molecule has 82 valence electrons. The van der Waals surface area contributed by atoms with Crippen LogP contribution in [0.25, 0.3) is 0 Å². The Balaban J connectivity index is 1.71. The molecule has 0 saturated carbocycles. The Hall–Kier alpha value is -0.470. The van der Waals surface area contributed by atoms with Crippen LogP contribution in [0.2, 0.25) is 0 Å². The quantitative estimate of drug-likeness (QED) is 0.839. The first kappa shape index (κ1) is 11.0. The molecule has 0 spiro atoms. The van der Waals surface area contributed by atoms with Gasteiger partial charge in [-0.05, 0) is 31.9 Å². The number of hydrogen-bond acceptors (Lipinski definition) is 2. The SMILES string of the molecule is Cc1ccc(CSCC2CCCN2)cc1. The molecule has 1 aliphatic rings. The molecule has 15 heavy (non-hydrogen) atoms. The van der Waals surface area contributed by atoms with Gasteiger partial charge in [-0.3, -0.25) is 0 Å². The molecule has 1 saturated heterocycles. The van der Waals surface area contributed by atoms with Gasteiger partial charge in [0, 0.05) is 17.5 Å². The van der Waals surface area contributed by atoms with E-state index in [1.54, 1.807) is 0 Å². The first-order valence-corrected chi connectivity index (χ1v) is 6.87. The summed E-state index contributed by atoms with van der Waals surface area (Å²) in [6.07, 6.45) is 2.72. The number of benzene rings is 1. The standard InChI is InChI=1S/C13H19NS/c1-11-4-6-12(7-5-11)9-15-10-13-3-2-8-14-13/h4-7,13-14H,2-3,8-10H2,1H3. The summed E-state index contributed by atoms with van der Waals surface area (Å²) in [5.41, 5.74) is 2.80. The van der Waals surface area contributed by atoms with E-state index in [2.05, 4.69) is 36.5 Å². The third-order valence-corrected chi connectivity index (χ3v) is 4.05. The second-order valence-electron chi connectivity index (χ2n) is 4.29. The predicted molar refractivity (Wildman–Crippen MR) is 68.4 cm³/mol. The number of nitrogens with one attached hydrogen (secondary N) is 1. The van der Waals surface area contributed by atoms with Crippen LogP contribution in [-0.4, -0.2) is 18.3 Å². The fraction of sp³-hybridized carbons (Fsp3) is 0.538. The molecule has 1 fully saturated rings. The van der Waals surface area contributed by atoms with Crippen LogP contribution in [0.1, 0.15) is 24.0 Å². The molecule has 0 aromatic heterocycles. The summed E-state index contributed by atoms with van der Waals surface area (Å²) in [4.78, 5) is 0. The molecule has 2 heteroatoms. The zero-order valence-corrected chi connectivity index (χ0v) is 10.1. The summed E-state index contributed by atoms with van der Waals surface area (Å²) in [6.45, 7) is 3.36. The zero-order valence-electron chi connectivity index (χ0n) is 9.33. The van der Waals surface area contributed by atoms with E-state index >= 15 is 0 Å². The van der Waals surface area contributed by atoms with Gasteiger partial charge in [-0.25, -0.2) is 0 Å². The highest BCUT2D eigenvalue weighted by molar-refractivity contribution is 7.98. The summed E-state index contributed by atoms with van der Waals surface area (Å²) in [7, 11) is 0. The van der Waals surface area contributed by atoms with Gasteiger partial charge >= 0.3 is 0 Å². The molecule has 1 aromatic carbocycles. The molecule has 1 nitrogen and oxygen atoms in total. The predicted octanol–water partition coefficient (Wildman–Crippen LogP) is 2.98. The lowest BCUT2D eigenvalue weighted by Gasteiger charge is -2.09. The molecule has 0 amide bonds. The van der Waals surface area contributed by atoms with Crippen molar-refractivity contribution in [1.82, 2.24) is 5.32 Å². The van der Waals surface area contributed by atoms with Gasteiger partial charge in [0.1, 0.15) is 0 Å². The number of hydrogen-bond donors (Lipinski definition) is 1. The van der Waals surface area contributed by atoms with E-state index in [1.807, 2.05) is 11.8 Å². The van der Waals surface area contributed by atoms with Crippen LogP contribution < -0.4 is 5.32 Å². The largest absolute Gasteiger partial charge is 0.313 e. The Labute approximate surface area is 96.7 Å². The van der Waals surface area contributed by atoms with Crippen LogP contribution in [0.4, 0.5) is 0 Å². The highest BCUT2D eigenvalue weighted by atomic mass is 32.2. The fourth-order valence-corrected chi connectivity index (χ4v) is 3.02. The van der Waals surface area contributed by atoms with E-state index in [4.69, 9.17) is 0 Å². The van der Waals surface area contributed by atoms with Crippen molar-refractivity contribution in [3.63, 3.8) is 0 Å². The molecular formula is C13H19NS. The highest BCUT2D eigenvalue weighted by Gasteiger charge is 2.13. The molecule has 1 aromatic rings. The minimum absolute atomic E-state index is 0.764. The molecule has 0 radical (unpaired) electrons. The normalized spacial score (nSPS) is 20.7. The van der Waals surface area contributed by atoms with Gasteiger partial charge in [-0.15, -0.1) is 0 Å². The Kier molecular flexibility index (Phi) is 4.09. The molecule has 1 atom stereocenters. The van der Waals surface area contributed by atoms with Gasteiger partial charge in [0.15, 0.2) is 0 Å². The van der Waals surface area contributed by atoms with Gasteiger partial charge in [0.05, 0.1) is 0 Å². The minimum atomic E-state index is 0.764. The van der Waals surface area contributed by atoms with E-state index in [0.29, 0.717) is 0 Å². The summed E-state index contributed by atoms with van der Waals surface area (Å²) >= 11 is 2.05. The zero-order chi connectivity index (χ0) is 10.5. The molecule has 0 aliphatic carbocycles. The van der Waals surface area contributed by atoms with Crippen molar-refractivity contribution in [2.24, 2.45) is 0 Å². The molecule has 1 aliphatic heterocycles. The summed E-state index contributed by atoms with van der Waals surface area (Å²) in [5, 5.41) is 3.53. The third-order valence-electron chi connectivity index (χ3n) is 2.87. The number of rotatable bonds is 4. The molecule has 2 rings (SSSR count). The Morgan fingerprint density at radius 1 is 1.33 bits per heavy atom. The number of aryl methyl sites for hydroxylation is 1. The molecule has 1 N–H and O–H groups in total. The maximum atomic E-state index is 3.53. The minimum Gasteiger partial charge on any atom is -0.313 e. The van der Waals surface area contributed by atoms with Gasteiger partial charge in [-0.2, -0.15) is 11.8 Å². The van der Waals surface area contributed by atoms with Crippen molar-refractivity contribution in [3.05, 3.63) is 35.4 Å². The van der Waals surface area contributed by atoms with E-state index in [0.717, 1.165) is 11.8 Å². The van der Waals surface area contributed by atoms with E-state index in [1.165, 1.54) is 36.3 Å². The Morgan fingerprint density at radius 2 is 2.13 bits per heavy atom. The van der Waals surface area contributed by atoms with E-state index < -0.39 is 0 Å². The van der Waals surface area contributed by atoms with Crippen LogP contribution in [0, 0.1) is 6.92 Å². The first-order chi connectivity index (χ1) is 7.34. The van der Waals surface area contributed by atoms with Gasteiger partial charge in [0.2, 0.25) is 0 Å². The second-order valence-corrected chi connectivity index (χ2v) is 5.32. The monoisotopic (exact) mass is 221 g/mol. The van der Waals surface area contributed by atoms with Crippen LogP contribution in [0.3, 0.4) is 0 Å². The number of thioether (sulfide) groups is 1. The van der Waals surface area contributed by atoms with Crippen molar-refractivity contribution in [3.8, 4) is 0 Å². The van der Waals surface area contributed by atoms with Crippen LogP contribution >= 0.6 is 11.8 Å². The van der Waals surface area contributed by atoms with Crippen molar-refractivity contribution in [2.75, 3.05) is 12.3 Å². The maximum Gasteiger partial charge on any atom is 0.0185 e. The molecule has 0 bridgehead atoms. The molecular weight excluding hydrogens is 202 g/mol. The van der Waals surface area contributed by atoms with Crippen LogP contribution in [0.5, 0.6) is 0 Å². The Morgan fingerprint density at radius 3 is 2.80 bits per heavy atom. The molecule has 1 unspecified atom stereocenters. The Bertz CT molecular complexity index is 288. The first-order valence-electron chi connectivity index (χ1n) is 5.71. The van der Waals surface area contributed by atoms with Crippen molar-refractivity contribution in [1.29, 1.82) is 0 Å². The van der Waals surface area contributed by atoms with Crippen molar-refractivity contribution in [2.45, 2.75) is 31.6 Å². The average molecular weight is 221 g/mol. The smallest absolute Gasteiger partial charge is 0.0185 e. The van der Waals surface area contributed by atoms with Gasteiger partial charge < -0.3 is 5.32 Å². The second kappa shape index (κ2) is 5.57. The van der Waals surface area contributed by atoms with E-state index in [9.17, 15) is 0 Å². The van der Waals surface area contributed by atoms with Crippen molar-refractivity contribution >= 4 is 11.8 Å². The van der Waals surface area contributed by atoms with Crippen molar-refractivity contribution < 1.29 is 0 Å². The fourth-order valence-electron chi connectivity index (χ4n) is 1.90. The lowest BCUT2D eigenvalue weighted by Crippen LogP contribution is -2.23. The lowest BCUT2D eigenvalue weighted by atomic mass is 10.2. The third kappa shape index (κ3) is 3.54. The van der Waals surface area contributed by atoms with Crippen LogP contribution in [0.15, 0.2) is 24.3 Å². The van der Waals surface area contributed by atoms with E-state index in [-0.39, 0.29) is 0 Å². The topological polar surface area (TPSA) is 12.0 Å². The lowest BCUT2D eigenvalue weighted by molar-refractivity contribution is 0.674. The summed E-state index contributed by atoms with van der Waals surface area (Å²) < 4.78 is 0. The van der Waals surface area contributed by atoms with Gasteiger partial charge in [-0.1, -0.05) is 29.8 Å². The summed E-state index contributed by atoms with van der Waals surface area (Å²) in [6, 6.07) is 9.64.